The van der Waals surface area contributed by atoms with E-state index in [0.29, 0.717) is 23.7 Å². The van der Waals surface area contributed by atoms with E-state index < -0.39 is 0 Å². The fourth-order valence-electron chi connectivity index (χ4n) is 3.37. The van der Waals surface area contributed by atoms with E-state index >= 15 is 0 Å². The highest BCUT2D eigenvalue weighted by molar-refractivity contribution is 6.36. The predicted molar refractivity (Wildman–Crippen MR) is 116 cm³/mol. The van der Waals surface area contributed by atoms with Gasteiger partial charge in [-0.15, -0.1) is 0 Å². The summed E-state index contributed by atoms with van der Waals surface area (Å²) in [5, 5.41) is 8.90. The molecule has 0 spiro atoms. The van der Waals surface area contributed by atoms with Crippen LogP contribution in [0.15, 0.2) is 60.9 Å². The highest BCUT2D eigenvalue weighted by atomic mass is 16.5. The third-order valence-electron chi connectivity index (χ3n) is 4.81. The summed E-state index contributed by atoms with van der Waals surface area (Å²) in [5.41, 5.74) is 6.76. The molecule has 6 heteroatoms. The molecule has 0 bridgehead atoms. The lowest BCUT2D eigenvalue weighted by atomic mass is 9.96. The van der Waals surface area contributed by atoms with Gasteiger partial charge in [-0.1, -0.05) is 18.2 Å². The topological polar surface area (TPSA) is 59.5 Å². The molecule has 0 atom stereocenters. The van der Waals surface area contributed by atoms with Gasteiger partial charge >= 0.3 is 0 Å². The van der Waals surface area contributed by atoms with Crippen LogP contribution in [0.1, 0.15) is 16.7 Å². The first-order valence-electron chi connectivity index (χ1n) is 9.33. The van der Waals surface area contributed by atoms with Crippen LogP contribution >= 0.6 is 0 Å². The van der Waals surface area contributed by atoms with Crippen molar-refractivity contribution in [2.45, 2.75) is 13.5 Å². The third-order valence-corrected chi connectivity index (χ3v) is 4.81. The lowest BCUT2D eigenvalue weighted by Gasteiger charge is -2.12. The molecule has 0 saturated heterocycles. The van der Waals surface area contributed by atoms with Crippen molar-refractivity contribution in [3.05, 3.63) is 77.6 Å². The van der Waals surface area contributed by atoms with Crippen LogP contribution in [0.3, 0.4) is 0 Å². The number of nitriles is 1. The van der Waals surface area contributed by atoms with Gasteiger partial charge in [0, 0.05) is 18.0 Å². The van der Waals surface area contributed by atoms with E-state index in [9.17, 15) is 0 Å². The van der Waals surface area contributed by atoms with Crippen LogP contribution in [0.2, 0.25) is 0 Å². The molecule has 142 valence electrons. The number of imidazole rings is 1. The number of aromatic nitrogens is 2. The van der Waals surface area contributed by atoms with Gasteiger partial charge in [0.25, 0.3) is 0 Å². The largest absolute Gasteiger partial charge is 0.493 e. The zero-order valence-corrected chi connectivity index (χ0v) is 16.6. The van der Waals surface area contributed by atoms with Crippen molar-refractivity contribution in [3.8, 4) is 28.8 Å². The van der Waals surface area contributed by atoms with Crippen LogP contribution in [0.25, 0.3) is 16.9 Å². The fraction of sp³-hybridized carbons (Fsp3) is 0.130. The van der Waals surface area contributed by atoms with Gasteiger partial charge in [0.2, 0.25) is 0 Å². The van der Waals surface area contributed by atoms with Crippen LogP contribution in [0, 0.1) is 18.3 Å². The van der Waals surface area contributed by atoms with E-state index in [1.807, 2.05) is 36.5 Å². The molecular weight excluding hydrogens is 361 g/mol. The Hall–Kier alpha value is -3.72. The molecule has 4 rings (SSSR count). The number of benzene rings is 2. The molecule has 0 fully saturated rings. The summed E-state index contributed by atoms with van der Waals surface area (Å²) in [6.07, 6.45) is 4.10. The minimum Gasteiger partial charge on any atom is -0.493 e. The number of aryl methyl sites for hydroxylation is 1. The van der Waals surface area contributed by atoms with E-state index in [1.165, 1.54) is 5.56 Å². The number of methoxy groups -OCH3 is 1. The van der Waals surface area contributed by atoms with Crippen molar-refractivity contribution >= 4 is 19.0 Å². The summed E-state index contributed by atoms with van der Waals surface area (Å²) < 4.78 is 13.5. The lowest BCUT2D eigenvalue weighted by Crippen LogP contribution is -2.08. The van der Waals surface area contributed by atoms with Gasteiger partial charge in [0.05, 0.1) is 24.4 Å². The summed E-state index contributed by atoms with van der Waals surface area (Å²) in [5.74, 6) is 1.32. The van der Waals surface area contributed by atoms with E-state index in [4.69, 9.17) is 19.7 Å². The molecule has 2 aromatic carbocycles. The maximum absolute atomic E-state index is 8.90. The molecule has 0 amide bonds. The maximum atomic E-state index is 8.90. The van der Waals surface area contributed by atoms with Crippen molar-refractivity contribution in [2.24, 2.45) is 0 Å². The van der Waals surface area contributed by atoms with Gasteiger partial charge in [0.15, 0.2) is 11.5 Å². The monoisotopic (exact) mass is 381 g/mol. The highest BCUT2D eigenvalue weighted by Gasteiger charge is 2.11. The number of hydrogen-bond acceptors (Lipinski definition) is 4. The molecular formula is C23H20BN3O2. The summed E-state index contributed by atoms with van der Waals surface area (Å²) in [7, 11) is 3.70. The van der Waals surface area contributed by atoms with E-state index in [2.05, 4.69) is 37.5 Å². The average molecular weight is 381 g/mol. The number of rotatable bonds is 5. The molecule has 0 unspecified atom stereocenters. The molecule has 5 nitrogen and oxygen atoms in total. The SMILES string of the molecule is Bc1cc(C)cn2cc(-c3ccc(OCc4ccc(C#N)cc4)c(OC)c3)nc12. The Balaban J connectivity index is 1.59. The predicted octanol–water partition coefficient (Wildman–Crippen LogP) is 3.03. The van der Waals surface area contributed by atoms with Gasteiger partial charge in [-0.3, -0.25) is 0 Å². The minimum absolute atomic E-state index is 0.397. The molecule has 29 heavy (non-hydrogen) atoms. The number of nitrogens with zero attached hydrogens (tertiary/aromatic N) is 3. The zero-order chi connectivity index (χ0) is 20.4. The molecule has 2 aromatic heterocycles. The van der Waals surface area contributed by atoms with E-state index in [-0.39, 0.29) is 0 Å². The van der Waals surface area contributed by atoms with E-state index in [1.54, 1.807) is 19.2 Å². The van der Waals surface area contributed by atoms with Crippen LogP contribution in [-0.4, -0.2) is 24.3 Å². The number of fused-ring (bicyclic) bond motifs is 1. The van der Waals surface area contributed by atoms with Crippen LogP contribution < -0.4 is 14.9 Å². The second-order valence-corrected chi connectivity index (χ2v) is 7.02. The molecule has 0 N–H and O–H groups in total. The first kappa shape index (κ1) is 18.6. The smallest absolute Gasteiger partial charge is 0.161 e. The van der Waals surface area contributed by atoms with Gasteiger partial charge in [-0.2, -0.15) is 5.26 Å². The quantitative estimate of drug-likeness (QED) is 0.499. The Morgan fingerprint density at radius 2 is 1.86 bits per heavy atom. The fourth-order valence-corrected chi connectivity index (χ4v) is 3.37. The lowest BCUT2D eigenvalue weighted by molar-refractivity contribution is 0.284. The number of ether oxygens (including phenoxy) is 2. The average Bonchev–Trinajstić information content (AvgIpc) is 3.17. The summed E-state index contributed by atoms with van der Waals surface area (Å²) in [4.78, 5) is 4.78. The molecule has 0 radical (unpaired) electrons. The number of hydrogen-bond donors (Lipinski definition) is 0. The molecule has 4 aromatic rings. The summed E-state index contributed by atoms with van der Waals surface area (Å²) in [6, 6.07) is 17.4. The minimum atomic E-state index is 0.397. The summed E-state index contributed by atoms with van der Waals surface area (Å²) in [6.45, 7) is 2.48. The Labute approximate surface area is 170 Å². The Bertz CT molecular complexity index is 1220. The van der Waals surface area contributed by atoms with Crippen LogP contribution in [-0.2, 0) is 6.61 Å². The van der Waals surface area contributed by atoms with Crippen molar-refractivity contribution in [1.29, 1.82) is 5.26 Å². The maximum Gasteiger partial charge on any atom is 0.161 e. The number of pyridine rings is 1. The van der Waals surface area contributed by atoms with Gasteiger partial charge in [0.1, 0.15) is 20.1 Å². The van der Waals surface area contributed by atoms with Crippen LogP contribution in [0.5, 0.6) is 11.5 Å². The van der Waals surface area contributed by atoms with Crippen molar-refractivity contribution in [1.82, 2.24) is 9.38 Å². The zero-order valence-electron chi connectivity index (χ0n) is 16.6. The Morgan fingerprint density at radius 1 is 1.07 bits per heavy atom. The molecule has 0 aliphatic heterocycles. The van der Waals surface area contributed by atoms with Crippen LogP contribution in [0.4, 0.5) is 0 Å². The molecule has 2 heterocycles. The van der Waals surface area contributed by atoms with Gasteiger partial charge < -0.3 is 13.9 Å². The Morgan fingerprint density at radius 3 is 2.59 bits per heavy atom. The summed E-state index contributed by atoms with van der Waals surface area (Å²) >= 11 is 0. The van der Waals surface area contributed by atoms with Crippen molar-refractivity contribution in [2.75, 3.05) is 7.11 Å². The second-order valence-electron chi connectivity index (χ2n) is 7.02. The third kappa shape index (κ3) is 3.81. The van der Waals surface area contributed by atoms with Crippen molar-refractivity contribution in [3.63, 3.8) is 0 Å². The highest BCUT2D eigenvalue weighted by Crippen LogP contribution is 2.32. The van der Waals surface area contributed by atoms with Gasteiger partial charge in [-0.25, -0.2) is 4.98 Å². The van der Waals surface area contributed by atoms with Crippen molar-refractivity contribution < 1.29 is 9.47 Å². The molecule has 0 saturated carbocycles. The normalized spacial score (nSPS) is 10.7. The first-order chi connectivity index (χ1) is 14.1. The second kappa shape index (κ2) is 7.73. The molecule has 0 aliphatic rings. The van der Waals surface area contributed by atoms with E-state index in [0.717, 1.165) is 27.9 Å². The first-order valence-corrected chi connectivity index (χ1v) is 9.33. The van der Waals surface area contributed by atoms with Gasteiger partial charge in [-0.05, 0) is 53.8 Å². The Kier molecular flexibility index (Phi) is 4.97. The standard InChI is InChI=1S/C23H20BN3O2/c1-15-9-19(24)23-26-20(13-27(23)12-15)18-7-8-21(22(10-18)28-2)29-14-17-5-3-16(11-25)4-6-17/h3-10,12-13H,14,24H2,1-2H3. The molecule has 0 aliphatic carbocycles.